The number of hydrogen-bond acceptors (Lipinski definition) is 4. The van der Waals surface area contributed by atoms with Gasteiger partial charge in [0, 0.05) is 30.9 Å². The van der Waals surface area contributed by atoms with Crippen molar-refractivity contribution in [3.8, 4) is 5.75 Å². The van der Waals surface area contributed by atoms with Crippen LogP contribution in [0.4, 0.5) is 0 Å². The Bertz CT molecular complexity index is 402. The van der Waals surface area contributed by atoms with Crippen molar-refractivity contribution < 1.29 is 4.74 Å². The highest BCUT2D eigenvalue weighted by Crippen LogP contribution is 2.21. The van der Waals surface area contributed by atoms with E-state index >= 15 is 0 Å². The van der Waals surface area contributed by atoms with Gasteiger partial charge in [-0.15, -0.1) is 0 Å². The molecule has 1 atom stereocenters. The van der Waals surface area contributed by atoms with Crippen molar-refractivity contribution >= 4 is 11.8 Å². The SMILES string of the molecule is CC(C)NCc1ccc(OCCN(C)C2CCSC2)cc1. The Morgan fingerprint density at radius 2 is 2.10 bits per heavy atom. The first-order valence-electron chi connectivity index (χ1n) is 7.88. The van der Waals surface area contributed by atoms with E-state index in [1.165, 1.54) is 23.5 Å². The Hall–Kier alpha value is -0.710. The summed E-state index contributed by atoms with van der Waals surface area (Å²) in [6.45, 7) is 7.01. The van der Waals surface area contributed by atoms with Gasteiger partial charge in [-0.1, -0.05) is 26.0 Å². The standard InChI is InChI=1S/C17H28N2OS/c1-14(2)18-12-15-4-6-17(7-5-15)20-10-9-19(3)16-8-11-21-13-16/h4-7,14,16,18H,8-13H2,1-3H3. The molecule has 1 heterocycles. The molecule has 1 unspecified atom stereocenters. The summed E-state index contributed by atoms with van der Waals surface area (Å²) in [6, 6.07) is 9.68. The molecule has 1 fully saturated rings. The molecule has 2 rings (SSSR count). The number of ether oxygens (including phenoxy) is 1. The average Bonchev–Trinajstić information content (AvgIpc) is 3.00. The predicted molar refractivity (Wildman–Crippen MR) is 92.3 cm³/mol. The van der Waals surface area contributed by atoms with E-state index < -0.39 is 0 Å². The summed E-state index contributed by atoms with van der Waals surface area (Å²) in [7, 11) is 2.21. The molecule has 0 bridgehead atoms. The normalized spacial score (nSPS) is 18.6. The van der Waals surface area contributed by atoms with Gasteiger partial charge in [0.05, 0.1) is 0 Å². The van der Waals surface area contributed by atoms with Crippen molar-refractivity contribution in [3.63, 3.8) is 0 Å². The van der Waals surface area contributed by atoms with Gasteiger partial charge in [-0.25, -0.2) is 0 Å². The lowest BCUT2D eigenvalue weighted by Gasteiger charge is -2.23. The molecule has 0 aliphatic carbocycles. The maximum Gasteiger partial charge on any atom is 0.119 e. The first-order chi connectivity index (χ1) is 10.1. The summed E-state index contributed by atoms with van der Waals surface area (Å²) in [6.07, 6.45) is 1.32. The Kier molecular flexibility index (Phi) is 6.87. The van der Waals surface area contributed by atoms with E-state index in [4.69, 9.17) is 4.74 Å². The molecule has 1 aliphatic heterocycles. The van der Waals surface area contributed by atoms with Gasteiger partial charge >= 0.3 is 0 Å². The molecule has 21 heavy (non-hydrogen) atoms. The Morgan fingerprint density at radius 1 is 1.33 bits per heavy atom. The first-order valence-corrected chi connectivity index (χ1v) is 9.03. The zero-order chi connectivity index (χ0) is 15.1. The van der Waals surface area contributed by atoms with Crippen LogP contribution < -0.4 is 10.1 Å². The molecule has 1 aromatic rings. The van der Waals surface area contributed by atoms with Crippen LogP contribution in [0.5, 0.6) is 5.75 Å². The minimum absolute atomic E-state index is 0.519. The van der Waals surface area contributed by atoms with Crippen LogP contribution in [0.15, 0.2) is 24.3 Å². The highest BCUT2D eigenvalue weighted by atomic mass is 32.2. The fourth-order valence-electron chi connectivity index (χ4n) is 2.39. The van der Waals surface area contributed by atoms with E-state index in [1.54, 1.807) is 0 Å². The molecular formula is C17H28N2OS. The zero-order valence-electron chi connectivity index (χ0n) is 13.5. The van der Waals surface area contributed by atoms with Crippen molar-refractivity contribution in [2.45, 2.75) is 38.9 Å². The van der Waals surface area contributed by atoms with Crippen LogP contribution in [0.3, 0.4) is 0 Å². The fraction of sp³-hybridized carbons (Fsp3) is 0.647. The first kappa shape index (κ1) is 16.7. The van der Waals surface area contributed by atoms with E-state index in [0.717, 1.165) is 31.5 Å². The summed E-state index contributed by atoms with van der Waals surface area (Å²) in [5.41, 5.74) is 1.30. The lowest BCUT2D eigenvalue weighted by Crippen LogP contribution is -2.34. The molecular weight excluding hydrogens is 280 g/mol. The van der Waals surface area contributed by atoms with Crippen LogP contribution in [0, 0.1) is 0 Å². The fourth-order valence-corrected chi connectivity index (χ4v) is 3.68. The van der Waals surface area contributed by atoms with Gasteiger partial charge in [-0.3, -0.25) is 4.90 Å². The number of thioether (sulfide) groups is 1. The number of nitrogens with one attached hydrogen (secondary N) is 1. The van der Waals surface area contributed by atoms with Crippen molar-refractivity contribution in [1.29, 1.82) is 0 Å². The predicted octanol–water partition coefficient (Wildman–Crippen LogP) is 3.00. The van der Waals surface area contributed by atoms with E-state index in [1.807, 2.05) is 0 Å². The third kappa shape index (κ3) is 5.89. The van der Waals surface area contributed by atoms with Gasteiger partial charge in [0.25, 0.3) is 0 Å². The number of hydrogen-bond donors (Lipinski definition) is 1. The summed E-state index contributed by atoms with van der Waals surface area (Å²) in [4.78, 5) is 2.43. The zero-order valence-corrected chi connectivity index (χ0v) is 14.3. The topological polar surface area (TPSA) is 24.5 Å². The van der Waals surface area contributed by atoms with Gasteiger partial charge in [-0.05, 0) is 36.9 Å². The monoisotopic (exact) mass is 308 g/mol. The lowest BCUT2D eigenvalue weighted by atomic mass is 10.2. The molecule has 118 valence electrons. The van der Waals surface area contributed by atoms with Crippen LogP contribution in [-0.2, 0) is 6.54 Å². The summed E-state index contributed by atoms with van der Waals surface area (Å²) < 4.78 is 5.85. The molecule has 3 nitrogen and oxygen atoms in total. The van der Waals surface area contributed by atoms with Crippen LogP contribution >= 0.6 is 11.8 Å². The molecule has 0 saturated carbocycles. The minimum Gasteiger partial charge on any atom is -0.492 e. The largest absolute Gasteiger partial charge is 0.492 e. The average molecular weight is 308 g/mol. The third-order valence-corrected chi connectivity index (χ3v) is 5.02. The number of rotatable bonds is 8. The van der Waals surface area contributed by atoms with Crippen LogP contribution in [0.2, 0.25) is 0 Å². The molecule has 0 radical (unpaired) electrons. The van der Waals surface area contributed by atoms with Crippen LogP contribution in [0.25, 0.3) is 0 Å². The van der Waals surface area contributed by atoms with Gasteiger partial charge in [-0.2, -0.15) is 11.8 Å². The maximum absolute atomic E-state index is 5.85. The number of likely N-dealkylation sites (N-methyl/N-ethyl adjacent to an activating group) is 1. The van der Waals surface area contributed by atoms with Crippen LogP contribution in [0.1, 0.15) is 25.8 Å². The quantitative estimate of drug-likeness (QED) is 0.798. The molecule has 0 amide bonds. The molecule has 1 N–H and O–H groups in total. The summed E-state index contributed by atoms with van der Waals surface area (Å²) >= 11 is 2.06. The van der Waals surface area contributed by atoms with Crippen LogP contribution in [-0.4, -0.2) is 48.7 Å². The third-order valence-electron chi connectivity index (χ3n) is 3.88. The second kappa shape index (κ2) is 8.66. The van der Waals surface area contributed by atoms with E-state index in [-0.39, 0.29) is 0 Å². The van der Waals surface area contributed by atoms with Gasteiger partial charge in [0.1, 0.15) is 12.4 Å². The van der Waals surface area contributed by atoms with Crippen molar-refractivity contribution in [1.82, 2.24) is 10.2 Å². The van der Waals surface area contributed by atoms with E-state index in [0.29, 0.717) is 6.04 Å². The number of benzene rings is 1. The molecule has 1 aromatic carbocycles. The molecule has 1 saturated heterocycles. The Labute approximate surface area is 133 Å². The Morgan fingerprint density at radius 3 is 2.71 bits per heavy atom. The molecule has 0 spiro atoms. The second-order valence-corrected chi connectivity index (χ2v) is 7.18. The summed E-state index contributed by atoms with van der Waals surface area (Å²) in [5, 5.41) is 3.42. The molecule has 4 heteroatoms. The minimum atomic E-state index is 0.519. The molecule has 1 aliphatic rings. The van der Waals surface area contributed by atoms with Gasteiger partial charge in [0.2, 0.25) is 0 Å². The summed E-state index contributed by atoms with van der Waals surface area (Å²) in [5.74, 6) is 3.55. The van der Waals surface area contributed by atoms with E-state index in [9.17, 15) is 0 Å². The highest BCUT2D eigenvalue weighted by Gasteiger charge is 2.19. The van der Waals surface area contributed by atoms with Crippen molar-refractivity contribution in [2.24, 2.45) is 0 Å². The number of nitrogens with zero attached hydrogens (tertiary/aromatic N) is 1. The lowest BCUT2D eigenvalue weighted by molar-refractivity contribution is 0.202. The van der Waals surface area contributed by atoms with Crippen molar-refractivity contribution in [3.05, 3.63) is 29.8 Å². The van der Waals surface area contributed by atoms with Gasteiger partial charge < -0.3 is 10.1 Å². The maximum atomic E-state index is 5.85. The van der Waals surface area contributed by atoms with Crippen molar-refractivity contribution in [2.75, 3.05) is 31.7 Å². The van der Waals surface area contributed by atoms with Gasteiger partial charge in [0.15, 0.2) is 0 Å². The second-order valence-electron chi connectivity index (χ2n) is 6.03. The molecule has 0 aromatic heterocycles. The van der Waals surface area contributed by atoms with E-state index in [2.05, 4.69) is 67.1 Å². The highest BCUT2D eigenvalue weighted by molar-refractivity contribution is 7.99. The Balaban J connectivity index is 1.68. The smallest absolute Gasteiger partial charge is 0.119 e.